The summed E-state index contributed by atoms with van der Waals surface area (Å²) < 4.78 is 0. The monoisotopic (exact) mass is 558 g/mol. The highest BCUT2D eigenvalue weighted by molar-refractivity contribution is 5.94. The molecule has 0 aromatic rings. The number of carbonyl (C=O) groups is 5. The van der Waals surface area contributed by atoms with E-state index in [0.717, 1.165) is 0 Å². The third-order valence-electron chi connectivity index (χ3n) is 5.39. The average Bonchev–Trinajstić information content (AvgIpc) is 2.83. The molecule has 4 unspecified atom stereocenters. The van der Waals surface area contributed by atoms with Gasteiger partial charge in [0.15, 0.2) is 11.9 Å². The van der Waals surface area contributed by atoms with E-state index in [1.807, 2.05) is 0 Å². The smallest absolute Gasteiger partial charge is 0.326 e. The molecule has 0 bridgehead atoms. The number of guanidine groups is 2. The summed E-state index contributed by atoms with van der Waals surface area (Å²) in [6.07, 6.45) is 0.0477. The summed E-state index contributed by atoms with van der Waals surface area (Å²) in [5.41, 5.74) is 26.9. The number of hydrogen-bond donors (Lipinski definition) is 10. The van der Waals surface area contributed by atoms with Crippen LogP contribution in [-0.4, -0.2) is 89.0 Å². The summed E-state index contributed by atoms with van der Waals surface area (Å²) in [5.74, 6) is -5.54. The molecule has 222 valence electrons. The summed E-state index contributed by atoms with van der Waals surface area (Å²) in [6, 6.07) is -4.81. The molecule has 0 aliphatic rings. The van der Waals surface area contributed by atoms with Crippen molar-refractivity contribution in [1.82, 2.24) is 16.0 Å². The van der Waals surface area contributed by atoms with Gasteiger partial charge in [-0.3, -0.25) is 29.2 Å². The van der Waals surface area contributed by atoms with Crippen molar-refractivity contribution in [3.05, 3.63) is 0 Å². The molecule has 0 saturated carbocycles. The maximum absolute atomic E-state index is 13.0. The van der Waals surface area contributed by atoms with Gasteiger partial charge in [0, 0.05) is 19.5 Å². The lowest BCUT2D eigenvalue weighted by atomic mass is 10.0. The molecule has 0 aliphatic carbocycles. The molecule has 0 radical (unpaired) electrons. The molecule has 0 aliphatic heterocycles. The van der Waals surface area contributed by atoms with Gasteiger partial charge < -0.3 is 54.8 Å². The third-order valence-corrected chi connectivity index (χ3v) is 5.39. The number of carboxylic acid groups (broad SMARTS) is 2. The zero-order valence-corrected chi connectivity index (χ0v) is 22.3. The first-order chi connectivity index (χ1) is 18.1. The molecule has 3 amide bonds. The fourth-order valence-corrected chi connectivity index (χ4v) is 3.28. The number of aliphatic carboxylic acids is 2. The zero-order valence-electron chi connectivity index (χ0n) is 22.3. The van der Waals surface area contributed by atoms with Gasteiger partial charge in [0.1, 0.15) is 18.1 Å². The molecule has 4 atom stereocenters. The van der Waals surface area contributed by atoms with Gasteiger partial charge in [-0.05, 0) is 38.0 Å². The van der Waals surface area contributed by atoms with Crippen LogP contribution in [0.4, 0.5) is 0 Å². The van der Waals surface area contributed by atoms with Crippen molar-refractivity contribution in [2.24, 2.45) is 44.6 Å². The molecule has 0 fully saturated rings. The van der Waals surface area contributed by atoms with Crippen LogP contribution in [0.25, 0.3) is 0 Å². The summed E-state index contributed by atoms with van der Waals surface area (Å²) in [5, 5.41) is 25.8. The van der Waals surface area contributed by atoms with Gasteiger partial charge in [0.05, 0.1) is 6.04 Å². The van der Waals surface area contributed by atoms with E-state index in [1.54, 1.807) is 13.8 Å². The lowest BCUT2D eigenvalue weighted by Gasteiger charge is -2.27. The first-order valence-electron chi connectivity index (χ1n) is 12.4. The van der Waals surface area contributed by atoms with Crippen LogP contribution in [0.1, 0.15) is 52.4 Å². The van der Waals surface area contributed by atoms with Crippen molar-refractivity contribution in [2.45, 2.75) is 76.5 Å². The Balaban J connectivity index is 5.41. The number of carboxylic acids is 2. The molecule has 0 aromatic heterocycles. The van der Waals surface area contributed by atoms with Crippen LogP contribution < -0.4 is 44.6 Å². The summed E-state index contributed by atoms with van der Waals surface area (Å²) in [4.78, 5) is 68.8. The SMILES string of the molecule is CC(C)C(NC(=O)C(N)CCCN=C(N)N)C(=O)NC(CCC(=O)O)C(=O)NC(CCCN=C(N)N)C(=O)O. The quantitative estimate of drug-likeness (QED) is 0.0419. The van der Waals surface area contributed by atoms with Crippen molar-refractivity contribution in [2.75, 3.05) is 13.1 Å². The van der Waals surface area contributed by atoms with Gasteiger partial charge in [-0.25, -0.2) is 4.79 Å². The molecule has 0 saturated heterocycles. The van der Waals surface area contributed by atoms with E-state index in [9.17, 15) is 29.1 Å². The average molecular weight is 559 g/mol. The number of carbonyl (C=O) groups excluding carboxylic acids is 3. The van der Waals surface area contributed by atoms with Gasteiger partial charge in [0.25, 0.3) is 0 Å². The van der Waals surface area contributed by atoms with Gasteiger partial charge in [-0.15, -0.1) is 0 Å². The van der Waals surface area contributed by atoms with Crippen LogP contribution in [0.5, 0.6) is 0 Å². The fourth-order valence-electron chi connectivity index (χ4n) is 3.28. The molecule has 39 heavy (non-hydrogen) atoms. The predicted octanol–water partition coefficient (Wildman–Crippen LogP) is -3.52. The predicted molar refractivity (Wildman–Crippen MR) is 143 cm³/mol. The topological polar surface area (TPSA) is 317 Å². The molecule has 0 heterocycles. The highest BCUT2D eigenvalue weighted by Crippen LogP contribution is 2.08. The van der Waals surface area contributed by atoms with E-state index < -0.39 is 66.2 Å². The number of amides is 3. The normalized spacial score (nSPS) is 13.7. The highest BCUT2D eigenvalue weighted by atomic mass is 16.4. The molecule has 0 aromatic carbocycles. The molecule has 15 N–H and O–H groups in total. The Morgan fingerprint density at radius 2 is 1.23 bits per heavy atom. The Hall–Kier alpha value is -4.15. The van der Waals surface area contributed by atoms with Crippen LogP contribution in [0.15, 0.2) is 9.98 Å². The van der Waals surface area contributed by atoms with Crippen molar-refractivity contribution < 1.29 is 34.2 Å². The Morgan fingerprint density at radius 3 is 1.69 bits per heavy atom. The van der Waals surface area contributed by atoms with E-state index in [1.165, 1.54) is 0 Å². The molecular weight excluding hydrogens is 516 g/mol. The summed E-state index contributed by atoms with van der Waals surface area (Å²) in [6.45, 7) is 3.70. The van der Waals surface area contributed by atoms with Gasteiger partial charge in [0.2, 0.25) is 17.7 Å². The van der Waals surface area contributed by atoms with Crippen molar-refractivity contribution >= 4 is 41.6 Å². The first-order valence-corrected chi connectivity index (χ1v) is 12.4. The molecule has 17 heteroatoms. The van der Waals surface area contributed by atoms with E-state index in [2.05, 4.69) is 25.9 Å². The minimum absolute atomic E-state index is 0.0246. The third kappa shape index (κ3) is 15.6. The number of hydrogen-bond acceptors (Lipinski definition) is 8. The maximum Gasteiger partial charge on any atom is 0.326 e. The van der Waals surface area contributed by atoms with E-state index in [0.29, 0.717) is 6.42 Å². The van der Waals surface area contributed by atoms with Crippen LogP contribution in [0, 0.1) is 5.92 Å². The molecular formula is C22H42N10O7. The van der Waals surface area contributed by atoms with Crippen molar-refractivity contribution in [3.8, 4) is 0 Å². The van der Waals surface area contributed by atoms with Crippen LogP contribution in [-0.2, 0) is 24.0 Å². The number of nitrogens with zero attached hydrogens (tertiary/aromatic N) is 2. The Labute approximate surface area is 226 Å². The number of aliphatic imine (C=N–C) groups is 2. The molecule has 17 nitrogen and oxygen atoms in total. The standard InChI is InChI=1S/C22H42N10O7/c1-11(2)16(32-17(35)12(23)5-3-9-28-21(24)25)19(37)30-13(7-8-15(33)34)18(36)31-14(20(38)39)6-4-10-29-22(26)27/h11-14,16H,3-10,23H2,1-2H3,(H,30,37)(H,31,36)(H,32,35)(H,33,34)(H,38,39)(H4,24,25,28)(H4,26,27,29). The lowest BCUT2D eigenvalue weighted by molar-refractivity contribution is -0.143. The largest absolute Gasteiger partial charge is 0.481 e. The number of nitrogens with two attached hydrogens (primary N) is 5. The van der Waals surface area contributed by atoms with E-state index in [-0.39, 0.29) is 50.7 Å². The Bertz CT molecular complexity index is 902. The first kappa shape index (κ1) is 34.9. The van der Waals surface area contributed by atoms with Crippen LogP contribution >= 0.6 is 0 Å². The maximum atomic E-state index is 13.0. The molecule has 0 rings (SSSR count). The van der Waals surface area contributed by atoms with E-state index >= 15 is 0 Å². The number of rotatable bonds is 19. The minimum atomic E-state index is -1.39. The second-order valence-corrected chi connectivity index (χ2v) is 9.13. The van der Waals surface area contributed by atoms with Gasteiger partial charge in [-0.1, -0.05) is 13.8 Å². The number of nitrogens with one attached hydrogen (secondary N) is 3. The lowest BCUT2D eigenvalue weighted by Crippen LogP contribution is -2.58. The van der Waals surface area contributed by atoms with Crippen molar-refractivity contribution in [3.63, 3.8) is 0 Å². The van der Waals surface area contributed by atoms with E-state index in [4.69, 9.17) is 33.8 Å². The van der Waals surface area contributed by atoms with Gasteiger partial charge >= 0.3 is 11.9 Å². The summed E-state index contributed by atoms with van der Waals surface area (Å²) in [7, 11) is 0. The minimum Gasteiger partial charge on any atom is -0.481 e. The van der Waals surface area contributed by atoms with Crippen LogP contribution in [0.3, 0.4) is 0 Å². The van der Waals surface area contributed by atoms with Crippen LogP contribution in [0.2, 0.25) is 0 Å². The fraction of sp³-hybridized carbons (Fsp3) is 0.682. The molecule has 0 spiro atoms. The summed E-state index contributed by atoms with van der Waals surface area (Å²) >= 11 is 0. The zero-order chi connectivity index (χ0) is 30.1. The van der Waals surface area contributed by atoms with Gasteiger partial charge in [-0.2, -0.15) is 0 Å². The Kier molecular flexibility index (Phi) is 16.2. The second kappa shape index (κ2) is 18.2. The van der Waals surface area contributed by atoms with Crippen molar-refractivity contribution in [1.29, 1.82) is 0 Å². The second-order valence-electron chi connectivity index (χ2n) is 9.13. The highest BCUT2D eigenvalue weighted by Gasteiger charge is 2.31. The Morgan fingerprint density at radius 1 is 0.718 bits per heavy atom.